The highest BCUT2D eigenvalue weighted by atomic mass is 35.5. The Balaban J connectivity index is 2.03. The predicted octanol–water partition coefficient (Wildman–Crippen LogP) is 3.93. The van der Waals surface area contributed by atoms with E-state index < -0.39 is 0 Å². The van der Waals surface area contributed by atoms with Crippen LogP contribution in [0.5, 0.6) is 0 Å². The van der Waals surface area contributed by atoms with Crippen LogP contribution in [0, 0.1) is 5.82 Å². The van der Waals surface area contributed by atoms with Gasteiger partial charge in [0.15, 0.2) is 0 Å². The lowest BCUT2D eigenvalue weighted by molar-refractivity contribution is 0.540. The van der Waals surface area contributed by atoms with Crippen LogP contribution < -0.4 is 10.6 Å². The molecular weight excluding hydrogens is 287 g/mol. The van der Waals surface area contributed by atoms with E-state index in [0.717, 1.165) is 24.2 Å². The Bertz CT molecular complexity index is 657. The van der Waals surface area contributed by atoms with Crippen molar-refractivity contribution in [2.75, 3.05) is 11.4 Å². The molecule has 2 unspecified atom stereocenters. The topological polar surface area (TPSA) is 29.3 Å². The summed E-state index contributed by atoms with van der Waals surface area (Å²) in [5, 5.41) is 0.691. The van der Waals surface area contributed by atoms with E-state index in [2.05, 4.69) is 4.90 Å². The summed E-state index contributed by atoms with van der Waals surface area (Å²) >= 11 is 6.11. The molecule has 2 aromatic rings. The zero-order chi connectivity index (χ0) is 15.0. The summed E-state index contributed by atoms with van der Waals surface area (Å²) < 4.78 is 13.6. The quantitative estimate of drug-likeness (QED) is 0.931. The standard InChI is InChI=1S/C17H18ClFN2/c1-11(20)17(13-3-2-4-14(18)9-13)21-8-7-12-5-6-15(19)10-16(12)21/h2-6,9-11,17H,7-8,20H2,1H3. The lowest BCUT2D eigenvalue weighted by Gasteiger charge is -2.33. The molecule has 0 saturated heterocycles. The lowest BCUT2D eigenvalue weighted by Crippen LogP contribution is -2.38. The summed E-state index contributed by atoms with van der Waals surface area (Å²) in [7, 11) is 0. The molecule has 2 atom stereocenters. The van der Waals surface area contributed by atoms with E-state index in [4.69, 9.17) is 17.3 Å². The third-order valence-electron chi connectivity index (χ3n) is 4.00. The Morgan fingerprint density at radius 2 is 2.05 bits per heavy atom. The van der Waals surface area contributed by atoms with Crippen molar-refractivity contribution in [3.8, 4) is 0 Å². The second-order valence-corrected chi connectivity index (χ2v) is 6.01. The summed E-state index contributed by atoms with van der Waals surface area (Å²) in [5.41, 5.74) is 9.39. The van der Waals surface area contributed by atoms with E-state index in [1.54, 1.807) is 6.07 Å². The normalized spacial score (nSPS) is 16.7. The fraction of sp³-hybridized carbons (Fsp3) is 0.294. The Morgan fingerprint density at radius 1 is 1.24 bits per heavy atom. The van der Waals surface area contributed by atoms with Crippen LogP contribution in [0.15, 0.2) is 42.5 Å². The van der Waals surface area contributed by atoms with Gasteiger partial charge in [-0.3, -0.25) is 0 Å². The van der Waals surface area contributed by atoms with Crippen molar-refractivity contribution in [1.82, 2.24) is 0 Å². The zero-order valence-corrected chi connectivity index (χ0v) is 12.6. The smallest absolute Gasteiger partial charge is 0.125 e. The molecule has 0 bridgehead atoms. The van der Waals surface area contributed by atoms with E-state index in [9.17, 15) is 4.39 Å². The van der Waals surface area contributed by atoms with Crippen LogP contribution in [0.25, 0.3) is 0 Å². The van der Waals surface area contributed by atoms with Gasteiger partial charge in [0.25, 0.3) is 0 Å². The molecule has 0 radical (unpaired) electrons. The van der Waals surface area contributed by atoms with Crippen LogP contribution in [0.3, 0.4) is 0 Å². The van der Waals surface area contributed by atoms with E-state index in [1.165, 1.54) is 11.6 Å². The van der Waals surface area contributed by atoms with Gasteiger partial charge in [-0.05, 0) is 48.7 Å². The fourth-order valence-corrected chi connectivity index (χ4v) is 3.32. The van der Waals surface area contributed by atoms with Crippen LogP contribution >= 0.6 is 11.6 Å². The molecule has 0 aliphatic carbocycles. The summed E-state index contributed by atoms with van der Waals surface area (Å²) in [6, 6.07) is 12.6. The average molecular weight is 305 g/mol. The van der Waals surface area contributed by atoms with Crippen molar-refractivity contribution in [2.24, 2.45) is 5.73 Å². The Labute approximate surface area is 129 Å². The minimum absolute atomic E-state index is 0.00764. The highest BCUT2D eigenvalue weighted by Crippen LogP contribution is 2.37. The molecule has 2 nitrogen and oxygen atoms in total. The van der Waals surface area contributed by atoms with E-state index in [1.807, 2.05) is 37.3 Å². The molecule has 1 heterocycles. The molecule has 2 N–H and O–H groups in total. The maximum atomic E-state index is 13.6. The highest BCUT2D eigenvalue weighted by Gasteiger charge is 2.30. The molecule has 110 valence electrons. The molecule has 0 aromatic heterocycles. The monoisotopic (exact) mass is 304 g/mol. The van der Waals surface area contributed by atoms with Gasteiger partial charge in [0.1, 0.15) is 5.82 Å². The molecule has 3 rings (SSSR count). The Morgan fingerprint density at radius 3 is 2.76 bits per heavy atom. The number of rotatable bonds is 3. The van der Waals surface area contributed by atoms with Crippen LogP contribution in [0.2, 0.25) is 5.02 Å². The zero-order valence-electron chi connectivity index (χ0n) is 11.9. The predicted molar refractivity (Wildman–Crippen MR) is 85.3 cm³/mol. The second kappa shape index (κ2) is 5.66. The number of hydrogen-bond acceptors (Lipinski definition) is 2. The van der Waals surface area contributed by atoms with Crippen LogP contribution in [-0.4, -0.2) is 12.6 Å². The molecule has 4 heteroatoms. The van der Waals surface area contributed by atoms with Crippen LogP contribution in [0.4, 0.5) is 10.1 Å². The van der Waals surface area contributed by atoms with Crippen molar-refractivity contribution in [3.05, 3.63) is 64.4 Å². The summed E-state index contributed by atoms with van der Waals surface area (Å²) in [6.07, 6.45) is 0.916. The second-order valence-electron chi connectivity index (χ2n) is 5.58. The van der Waals surface area contributed by atoms with Gasteiger partial charge < -0.3 is 10.6 Å². The number of anilines is 1. The first-order valence-electron chi connectivity index (χ1n) is 7.12. The minimum atomic E-state index is -0.213. The van der Waals surface area contributed by atoms with Gasteiger partial charge in [0, 0.05) is 23.3 Å². The van der Waals surface area contributed by atoms with Crippen LogP contribution in [0.1, 0.15) is 24.1 Å². The lowest BCUT2D eigenvalue weighted by atomic mass is 9.99. The van der Waals surface area contributed by atoms with E-state index >= 15 is 0 Å². The van der Waals surface area contributed by atoms with Crippen molar-refractivity contribution < 1.29 is 4.39 Å². The SMILES string of the molecule is CC(N)C(c1cccc(Cl)c1)N1CCc2ccc(F)cc21. The highest BCUT2D eigenvalue weighted by molar-refractivity contribution is 6.30. The number of nitrogens with two attached hydrogens (primary N) is 1. The maximum absolute atomic E-state index is 13.6. The molecule has 1 aliphatic rings. The van der Waals surface area contributed by atoms with Gasteiger partial charge in [0.05, 0.1) is 6.04 Å². The fourth-order valence-electron chi connectivity index (χ4n) is 3.12. The third-order valence-corrected chi connectivity index (χ3v) is 4.24. The van der Waals surface area contributed by atoms with Crippen molar-refractivity contribution >= 4 is 17.3 Å². The summed E-state index contributed by atoms with van der Waals surface area (Å²) in [5.74, 6) is -0.213. The Hall–Kier alpha value is -1.58. The summed E-state index contributed by atoms with van der Waals surface area (Å²) in [6.45, 7) is 2.82. The number of fused-ring (bicyclic) bond motifs is 1. The first-order valence-corrected chi connectivity index (χ1v) is 7.50. The van der Waals surface area contributed by atoms with Gasteiger partial charge in [0.2, 0.25) is 0 Å². The number of nitrogens with zero attached hydrogens (tertiary/aromatic N) is 1. The first-order chi connectivity index (χ1) is 10.1. The number of benzene rings is 2. The van der Waals surface area contributed by atoms with Gasteiger partial charge in [-0.2, -0.15) is 0 Å². The van der Waals surface area contributed by atoms with Crippen molar-refractivity contribution in [2.45, 2.75) is 25.4 Å². The molecule has 0 saturated carbocycles. The molecule has 21 heavy (non-hydrogen) atoms. The summed E-state index contributed by atoms with van der Waals surface area (Å²) in [4.78, 5) is 2.19. The van der Waals surface area contributed by atoms with Gasteiger partial charge in [-0.1, -0.05) is 29.8 Å². The van der Waals surface area contributed by atoms with Crippen LogP contribution in [-0.2, 0) is 6.42 Å². The van der Waals surface area contributed by atoms with Gasteiger partial charge >= 0.3 is 0 Å². The van der Waals surface area contributed by atoms with Gasteiger partial charge in [-0.25, -0.2) is 4.39 Å². The average Bonchev–Trinajstić information content (AvgIpc) is 2.82. The molecule has 0 amide bonds. The molecular formula is C17H18ClFN2. The van der Waals surface area contributed by atoms with Crippen molar-refractivity contribution in [1.29, 1.82) is 0 Å². The van der Waals surface area contributed by atoms with E-state index in [-0.39, 0.29) is 17.9 Å². The minimum Gasteiger partial charge on any atom is -0.362 e. The number of hydrogen-bond donors (Lipinski definition) is 1. The van der Waals surface area contributed by atoms with Gasteiger partial charge in [-0.15, -0.1) is 0 Å². The Kier molecular flexibility index (Phi) is 3.87. The van der Waals surface area contributed by atoms with Crippen molar-refractivity contribution in [3.63, 3.8) is 0 Å². The molecule has 0 spiro atoms. The van der Waals surface area contributed by atoms with E-state index in [0.29, 0.717) is 5.02 Å². The molecule has 2 aromatic carbocycles. The molecule has 1 aliphatic heterocycles. The first kappa shape index (κ1) is 14.4. The number of halogens is 2. The molecule has 0 fully saturated rings. The maximum Gasteiger partial charge on any atom is 0.125 e. The largest absolute Gasteiger partial charge is 0.362 e. The third kappa shape index (κ3) is 2.76.